The molecule has 3 nitrogen and oxygen atoms in total. The number of hydrogen-bond acceptors (Lipinski definition) is 3. The van der Waals surface area contributed by atoms with Gasteiger partial charge in [-0.25, -0.2) is 4.39 Å². The Morgan fingerprint density at radius 1 is 1.35 bits per heavy atom. The summed E-state index contributed by atoms with van der Waals surface area (Å²) in [6.45, 7) is 10.0. The Kier molecular flexibility index (Phi) is 6.47. The van der Waals surface area contributed by atoms with Crippen molar-refractivity contribution >= 4 is 5.69 Å². The second kappa shape index (κ2) is 7.86. The highest BCUT2D eigenvalue weighted by molar-refractivity contribution is 5.55. The quantitative estimate of drug-likeness (QED) is 0.829. The summed E-state index contributed by atoms with van der Waals surface area (Å²) < 4.78 is 14.2. The van der Waals surface area contributed by atoms with Gasteiger partial charge >= 0.3 is 0 Å². The fourth-order valence-corrected chi connectivity index (χ4v) is 2.41. The monoisotopic (exact) mass is 277 g/mol. The molecule has 0 radical (unpaired) electrons. The molecule has 0 saturated carbocycles. The summed E-state index contributed by atoms with van der Waals surface area (Å²) in [5.74, 6) is -0.278. The molecule has 2 atom stereocenters. The zero-order chi connectivity index (χ0) is 15.1. The van der Waals surface area contributed by atoms with E-state index < -0.39 is 0 Å². The maximum Gasteiger partial charge on any atom is 0.130 e. The molecule has 4 heteroatoms. The summed E-state index contributed by atoms with van der Waals surface area (Å²) in [7, 11) is 0. The van der Waals surface area contributed by atoms with Crippen LogP contribution in [0.5, 0.6) is 0 Å². The molecule has 1 N–H and O–H groups in total. The van der Waals surface area contributed by atoms with E-state index in [9.17, 15) is 4.39 Å². The predicted octanol–water partition coefficient (Wildman–Crippen LogP) is 3.48. The number of anilines is 1. The molecular formula is C16H24FN3. The Hall–Kier alpha value is -1.60. The zero-order valence-corrected chi connectivity index (χ0v) is 12.8. The second-order valence-electron chi connectivity index (χ2n) is 5.02. The molecule has 0 aliphatic rings. The van der Waals surface area contributed by atoms with Gasteiger partial charge in [-0.2, -0.15) is 5.26 Å². The van der Waals surface area contributed by atoms with Crippen LogP contribution in [0.15, 0.2) is 18.2 Å². The van der Waals surface area contributed by atoms with Crippen molar-refractivity contribution in [2.45, 2.75) is 33.7 Å². The number of halogens is 1. The number of rotatable bonds is 7. The number of hydrogen-bond donors (Lipinski definition) is 1. The fourth-order valence-electron chi connectivity index (χ4n) is 2.41. The number of nitrogens with one attached hydrogen (secondary N) is 1. The maximum atomic E-state index is 14.2. The smallest absolute Gasteiger partial charge is 0.130 e. The minimum atomic E-state index is -0.195. The van der Waals surface area contributed by atoms with E-state index in [0.717, 1.165) is 18.8 Å². The molecule has 0 bridgehead atoms. The van der Waals surface area contributed by atoms with Crippen LogP contribution in [0.4, 0.5) is 10.1 Å². The Morgan fingerprint density at radius 3 is 2.60 bits per heavy atom. The van der Waals surface area contributed by atoms with Crippen LogP contribution in [0.2, 0.25) is 0 Å². The summed E-state index contributed by atoms with van der Waals surface area (Å²) in [6, 6.07) is 7.34. The normalized spacial score (nSPS) is 13.6. The third-order valence-electron chi connectivity index (χ3n) is 3.41. The van der Waals surface area contributed by atoms with Crippen molar-refractivity contribution in [2.75, 3.05) is 24.5 Å². The van der Waals surface area contributed by atoms with Crippen molar-refractivity contribution in [3.63, 3.8) is 0 Å². The Labute approximate surface area is 121 Å². The Bertz CT molecular complexity index is 467. The van der Waals surface area contributed by atoms with Gasteiger partial charge in [0, 0.05) is 30.4 Å². The minimum Gasteiger partial charge on any atom is -0.370 e. The van der Waals surface area contributed by atoms with Crippen LogP contribution >= 0.6 is 0 Å². The van der Waals surface area contributed by atoms with Gasteiger partial charge in [0.15, 0.2) is 0 Å². The highest BCUT2D eigenvalue weighted by Crippen LogP contribution is 2.29. The van der Waals surface area contributed by atoms with Crippen LogP contribution in [-0.4, -0.2) is 19.6 Å². The van der Waals surface area contributed by atoms with Crippen molar-refractivity contribution in [3.05, 3.63) is 29.6 Å². The lowest BCUT2D eigenvalue weighted by molar-refractivity contribution is 0.537. The summed E-state index contributed by atoms with van der Waals surface area (Å²) in [6.07, 6.45) is 0. The third-order valence-corrected chi connectivity index (χ3v) is 3.41. The molecule has 0 saturated heterocycles. The molecule has 0 fully saturated rings. The molecule has 0 aliphatic carbocycles. The van der Waals surface area contributed by atoms with Gasteiger partial charge in [0.1, 0.15) is 5.82 Å². The van der Waals surface area contributed by atoms with Gasteiger partial charge in [-0.3, -0.25) is 0 Å². The van der Waals surface area contributed by atoms with Crippen LogP contribution < -0.4 is 10.2 Å². The fraction of sp³-hybridized carbons (Fsp3) is 0.562. The molecule has 0 heterocycles. The average molecular weight is 277 g/mol. The van der Waals surface area contributed by atoms with Gasteiger partial charge in [0.25, 0.3) is 0 Å². The van der Waals surface area contributed by atoms with Gasteiger partial charge in [0.2, 0.25) is 0 Å². The molecule has 1 rings (SSSR count). The molecule has 1 aromatic rings. The first-order valence-corrected chi connectivity index (χ1v) is 7.21. The molecule has 2 unspecified atom stereocenters. The van der Waals surface area contributed by atoms with E-state index >= 15 is 0 Å². The van der Waals surface area contributed by atoms with Gasteiger partial charge in [-0.15, -0.1) is 0 Å². The summed E-state index contributed by atoms with van der Waals surface area (Å²) in [5, 5.41) is 12.2. The highest BCUT2D eigenvalue weighted by Gasteiger charge is 2.19. The van der Waals surface area contributed by atoms with Gasteiger partial charge in [-0.05, 0) is 39.4 Å². The summed E-state index contributed by atoms with van der Waals surface area (Å²) in [5.41, 5.74) is 1.56. The topological polar surface area (TPSA) is 39.1 Å². The predicted molar refractivity (Wildman–Crippen MR) is 81.2 cm³/mol. The molecule has 1 aromatic carbocycles. The molecule has 0 aliphatic heterocycles. The molecule has 0 amide bonds. The number of nitriles is 1. The van der Waals surface area contributed by atoms with Crippen LogP contribution in [0.25, 0.3) is 0 Å². The number of benzene rings is 1. The van der Waals surface area contributed by atoms with Crippen molar-refractivity contribution in [2.24, 2.45) is 5.92 Å². The van der Waals surface area contributed by atoms with Gasteiger partial charge in [-0.1, -0.05) is 13.0 Å². The van der Waals surface area contributed by atoms with Crippen LogP contribution in [0.1, 0.15) is 39.3 Å². The first kappa shape index (κ1) is 16.5. The second-order valence-corrected chi connectivity index (χ2v) is 5.02. The standard InChI is InChI=1S/C16H24FN3/c1-5-19-13(4)16-14(17)8-7-9-15(16)20(6-2)11-12(3)10-18/h7-9,12-13,19H,5-6,11H2,1-4H3. The zero-order valence-electron chi connectivity index (χ0n) is 12.8. The third kappa shape index (κ3) is 3.94. The van der Waals surface area contributed by atoms with Crippen LogP contribution in [-0.2, 0) is 0 Å². The molecular weight excluding hydrogens is 253 g/mol. The summed E-state index contributed by atoms with van der Waals surface area (Å²) >= 11 is 0. The van der Waals surface area contributed by atoms with Crippen molar-refractivity contribution < 1.29 is 4.39 Å². The lowest BCUT2D eigenvalue weighted by Gasteiger charge is -2.29. The van der Waals surface area contributed by atoms with Crippen molar-refractivity contribution in [1.82, 2.24) is 5.32 Å². The average Bonchev–Trinajstić information content (AvgIpc) is 2.44. The van der Waals surface area contributed by atoms with E-state index in [1.807, 2.05) is 33.8 Å². The first-order valence-electron chi connectivity index (χ1n) is 7.21. The van der Waals surface area contributed by atoms with E-state index in [-0.39, 0.29) is 17.8 Å². The minimum absolute atomic E-state index is 0.0531. The first-order chi connectivity index (χ1) is 9.54. The van der Waals surface area contributed by atoms with E-state index in [1.54, 1.807) is 6.07 Å². The SMILES string of the molecule is CCNC(C)c1c(F)cccc1N(CC)CC(C)C#N. The van der Waals surface area contributed by atoms with E-state index in [1.165, 1.54) is 6.07 Å². The number of nitrogens with zero attached hydrogens (tertiary/aromatic N) is 2. The molecule has 110 valence electrons. The Balaban J connectivity index is 3.15. The van der Waals surface area contributed by atoms with Crippen molar-refractivity contribution in [3.8, 4) is 6.07 Å². The van der Waals surface area contributed by atoms with Crippen molar-refractivity contribution in [1.29, 1.82) is 5.26 Å². The lowest BCUT2D eigenvalue weighted by atomic mass is 10.0. The van der Waals surface area contributed by atoms with Crippen LogP contribution in [0, 0.1) is 23.1 Å². The van der Waals surface area contributed by atoms with Gasteiger partial charge < -0.3 is 10.2 Å². The van der Waals surface area contributed by atoms with E-state index in [0.29, 0.717) is 12.1 Å². The molecule has 0 spiro atoms. The molecule has 0 aromatic heterocycles. The Morgan fingerprint density at radius 2 is 2.05 bits per heavy atom. The maximum absolute atomic E-state index is 14.2. The van der Waals surface area contributed by atoms with E-state index in [4.69, 9.17) is 5.26 Å². The summed E-state index contributed by atoms with van der Waals surface area (Å²) in [4.78, 5) is 2.07. The van der Waals surface area contributed by atoms with Gasteiger partial charge in [0.05, 0.1) is 12.0 Å². The highest BCUT2D eigenvalue weighted by atomic mass is 19.1. The van der Waals surface area contributed by atoms with E-state index in [2.05, 4.69) is 16.3 Å². The van der Waals surface area contributed by atoms with Crippen LogP contribution in [0.3, 0.4) is 0 Å². The lowest BCUT2D eigenvalue weighted by Crippen LogP contribution is -2.30. The molecule has 20 heavy (non-hydrogen) atoms. The largest absolute Gasteiger partial charge is 0.370 e.